The van der Waals surface area contributed by atoms with Gasteiger partial charge < -0.3 is 15.4 Å². The highest BCUT2D eigenvalue weighted by Gasteiger charge is 2.16. The molecule has 3 nitrogen and oxygen atoms in total. The molecule has 1 unspecified atom stereocenters. The summed E-state index contributed by atoms with van der Waals surface area (Å²) < 4.78 is 5.92. The average Bonchev–Trinajstić information content (AvgIpc) is 2.47. The van der Waals surface area contributed by atoms with Gasteiger partial charge >= 0.3 is 0 Å². The summed E-state index contributed by atoms with van der Waals surface area (Å²) >= 11 is 0. The fourth-order valence-electron chi connectivity index (χ4n) is 2.74. The Morgan fingerprint density at radius 1 is 1.35 bits per heavy atom. The lowest BCUT2D eigenvalue weighted by Crippen LogP contribution is -2.39. The Kier molecular flexibility index (Phi) is 5.72. The quantitative estimate of drug-likeness (QED) is 0.865. The molecule has 1 aliphatic rings. The molecule has 112 valence electrons. The fourth-order valence-corrected chi connectivity index (χ4v) is 2.74. The van der Waals surface area contributed by atoms with Crippen LogP contribution in [0.25, 0.3) is 0 Å². The Morgan fingerprint density at radius 2 is 2.10 bits per heavy atom. The lowest BCUT2D eigenvalue weighted by atomic mass is 10.1. The largest absolute Gasteiger partial charge is 0.493 e. The molecule has 1 aromatic carbocycles. The van der Waals surface area contributed by atoms with Gasteiger partial charge in [-0.1, -0.05) is 26.3 Å². The SMILES string of the molecule is CCCC(C)COc1cccc(N2CCC(N)CC2)c1. The Labute approximate surface area is 123 Å². The molecule has 0 bridgehead atoms. The van der Waals surface area contributed by atoms with Crippen molar-refractivity contribution in [3.8, 4) is 5.75 Å². The molecule has 1 saturated heterocycles. The van der Waals surface area contributed by atoms with Crippen LogP contribution in [0.5, 0.6) is 5.75 Å². The zero-order valence-corrected chi connectivity index (χ0v) is 12.8. The first kappa shape index (κ1) is 15.2. The summed E-state index contributed by atoms with van der Waals surface area (Å²) in [5, 5.41) is 0. The lowest BCUT2D eigenvalue weighted by molar-refractivity contribution is 0.251. The van der Waals surface area contributed by atoms with Crippen molar-refractivity contribution in [1.82, 2.24) is 0 Å². The van der Waals surface area contributed by atoms with E-state index in [1.807, 2.05) is 0 Å². The van der Waals surface area contributed by atoms with Crippen LogP contribution in [0, 0.1) is 5.92 Å². The maximum Gasteiger partial charge on any atom is 0.121 e. The first-order chi connectivity index (χ1) is 9.69. The average molecular weight is 276 g/mol. The van der Waals surface area contributed by atoms with Gasteiger partial charge in [0.1, 0.15) is 5.75 Å². The van der Waals surface area contributed by atoms with Crippen LogP contribution in [-0.2, 0) is 0 Å². The van der Waals surface area contributed by atoms with Crippen LogP contribution in [0.2, 0.25) is 0 Å². The van der Waals surface area contributed by atoms with E-state index < -0.39 is 0 Å². The number of ether oxygens (including phenoxy) is 1. The van der Waals surface area contributed by atoms with E-state index in [1.54, 1.807) is 0 Å². The van der Waals surface area contributed by atoms with Crippen molar-refractivity contribution >= 4 is 5.69 Å². The molecule has 2 N–H and O–H groups in total. The third-order valence-electron chi connectivity index (χ3n) is 4.04. The zero-order valence-electron chi connectivity index (χ0n) is 12.8. The summed E-state index contributed by atoms with van der Waals surface area (Å²) in [6.45, 7) is 7.38. The van der Waals surface area contributed by atoms with E-state index in [0.29, 0.717) is 12.0 Å². The number of anilines is 1. The van der Waals surface area contributed by atoms with E-state index in [-0.39, 0.29) is 0 Å². The smallest absolute Gasteiger partial charge is 0.121 e. The summed E-state index contributed by atoms with van der Waals surface area (Å²) in [7, 11) is 0. The monoisotopic (exact) mass is 276 g/mol. The van der Waals surface area contributed by atoms with Gasteiger partial charge in [-0.05, 0) is 37.3 Å². The summed E-state index contributed by atoms with van der Waals surface area (Å²) in [5.74, 6) is 1.61. The second-order valence-corrected chi connectivity index (χ2v) is 6.03. The maximum atomic E-state index is 5.96. The van der Waals surface area contributed by atoms with Gasteiger partial charge in [0.2, 0.25) is 0 Å². The molecule has 0 spiro atoms. The molecular formula is C17H28N2O. The number of hydrogen-bond acceptors (Lipinski definition) is 3. The molecule has 0 aliphatic carbocycles. The molecule has 1 heterocycles. The van der Waals surface area contributed by atoms with Crippen molar-refractivity contribution in [2.75, 3.05) is 24.6 Å². The fraction of sp³-hybridized carbons (Fsp3) is 0.647. The molecule has 0 aromatic heterocycles. The minimum atomic E-state index is 0.376. The van der Waals surface area contributed by atoms with Gasteiger partial charge in [0.15, 0.2) is 0 Å². The van der Waals surface area contributed by atoms with Crippen molar-refractivity contribution in [2.45, 2.75) is 45.6 Å². The number of rotatable bonds is 6. The first-order valence-corrected chi connectivity index (χ1v) is 7.92. The van der Waals surface area contributed by atoms with Crippen LogP contribution in [0.3, 0.4) is 0 Å². The maximum absolute atomic E-state index is 5.96. The van der Waals surface area contributed by atoms with Gasteiger partial charge in [0, 0.05) is 30.9 Å². The molecule has 20 heavy (non-hydrogen) atoms. The van der Waals surface area contributed by atoms with E-state index in [0.717, 1.165) is 38.3 Å². The van der Waals surface area contributed by atoms with Crippen molar-refractivity contribution in [3.63, 3.8) is 0 Å². The van der Waals surface area contributed by atoms with Crippen molar-refractivity contribution < 1.29 is 4.74 Å². The lowest BCUT2D eigenvalue weighted by Gasteiger charge is -2.32. The summed E-state index contributed by atoms with van der Waals surface area (Å²) in [5.41, 5.74) is 7.22. The molecule has 1 aromatic rings. The van der Waals surface area contributed by atoms with Gasteiger partial charge in [-0.2, -0.15) is 0 Å². The van der Waals surface area contributed by atoms with E-state index in [4.69, 9.17) is 10.5 Å². The van der Waals surface area contributed by atoms with Crippen LogP contribution in [0.15, 0.2) is 24.3 Å². The number of nitrogens with two attached hydrogens (primary N) is 1. The first-order valence-electron chi connectivity index (χ1n) is 7.92. The molecule has 0 saturated carbocycles. The minimum Gasteiger partial charge on any atom is -0.493 e. The Bertz CT molecular complexity index is 400. The topological polar surface area (TPSA) is 38.5 Å². The predicted octanol–water partition coefficient (Wildman–Crippen LogP) is 3.43. The van der Waals surface area contributed by atoms with Crippen molar-refractivity contribution in [1.29, 1.82) is 0 Å². The van der Waals surface area contributed by atoms with Crippen LogP contribution in [-0.4, -0.2) is 25.7 Å². The Morgan fingerprint density at radius 3 is 2.80 bits per heavy atom. The highest BCUT2D eigenvalue weighted by molar-refractivity contribution is 5.51. The molecule has 3 heteroatoms. The van der Waals surface area contributed by atoms with Gasteiger partial charge in [0.25, 0.3) is 0 Å². The van der Waals surface area contributed by atoms with Crippen LogP contribution in [0.4, 0.5) is 5.69 Å². The van der Waals surface area contributed by atoms with E-state index in [1.165, 1.54) is 18.5 Å². The molecular weight excluding hydrogens is 248 g/mol. The van der Waals surface area contributed by atoms with Crippen LogP contribution >= 0.6 is 0 Å². The van der Waals surface area contributed by atoms with Gasteiger partial charge in [0.05, 0.1) is 6.61 Å². The van der Waals surface area contributed by atoms with Crippen molar-refractivity contribution in [3.05, 3.63) is 24.3 Å². The van der Waals surface area contributed by atoms with Gasteiger partial charge in [-0.15, -0.1) is 0 Å². The van der Waals surface area contributed by atoms with Crippen molar-refractivity contribution in [2.24, 2.45) is 11.7 Å². The van der Waals surface area contributed by atoms with E-state index in [9.17, 15) is 0 Å². The van der Waals surface area contributed by atoms with E-state index >= 15 is 0 Å². The highest BCUT2D eigenvalue weighted by atomic mass is 16.5. The zero-order chi connectivity index (χ0) is 14.4. The predicted molar refractivity (Wildman–Crippen MR) is 85.4 cm³/mol. The highest BCUT2D eigenvalue weighted by Crippen LogP contribution is 2.24. The Balaban J connectivity index is 1.90. The summed E-state index contributed by atoms with van der Waals surface area (Å²) in [6, 6.07) is 8.84. The molecule has 1 atom stereocenters. The minimum absolute atomic E-state index is 0.376. The third kappa shape index (κ3) is 4.41. The second-order valence-electron chi connectivity index (χ2n) is 6.03. The number of nitrogens with zero attached hydrogens (tertiary/aromatic N) is 1. The van der Waals surface area contributed by atoms with Gasteiger partial charge in [-0.25, -0.2) is 0 Å². The summed E-state index contributed by atoms with van der Waals surface area (Å²) in [4.78, 5) is 2.41. The Hall–Kier alpha value is -1.22. The summed E-state index contributed by atoms with van der Waals surface area (Å²) in [6.07, 6.45) is 4.61. The molecule has 1 fully saturated rings. The molecule has 1 aliphatic heterocycles. The van der Waals surface area contributed by atoms with Crippen LogP contribution in [0.1, 0.15) is 39.5 Å². The van der Waals surface area contributed by atoms with Gasteiger partial charge in [-0.3, -0.25) is 0 Å². The molecule has 0 radical (unpaired) electrons. The normalized spacial score (nSPS) is 18.1. The third-order valence-corrected chi connectivity index (χ3v) is 4.04. The number of benzene rings is 1. The molecule has 0 amide bonds. The number of hydrogen-bond donors (Lipinski definition) is 1. The second kappa shape index (κ2) is 7.53. The van der Waals surface area contributed by atoms with Crippen LogP contribution < -0.4 is 15.4 Å². The van der Waals surface area contributed by atoms with E-state index in [2.05, 4.69) is 43.0 Å². The standard InChI is InChI=1S/C17H28N2O/c1-3-5-14(2)13-20-17-7-4-6-16(12-17)19-10-8-15(18)9-11-19/h4,6-7,12,14-15H,3,5,8-11,13,18H2,1-2H3. The number of piperidine rings is 1. The molecule has 2 rings (SSSR count).